The van der Waals surface area contributed by atoms with Crippen LogP contribution in [0, 0.1) is 0 Å². The van der Waals surface area contributed by atoms with E-state index in [1.54, 1.807) is 31.2 Å². The first kappa shape index (κ1) is 20.8. The van der Waals surface area contributed by atoms with Gasteiger partial charge in [-0.25, -0.2) is 8.42 Å². The van der Waals surface area contributed by atoms with E-state index >= 15 is 0 Å². The van der Waals surface area contributed by atoms with E-state index in [9.17, 15) is 13.2 Å². The summed E-state index contributed by atoms with van der Waals surface area (Å²) >= 11 is 0. The molecule has 0 aromatic heterocycles. The Bertz CT molecular complexity index is 860. The van der Waals surface area contributed by atoms with Crippen molar-refractivity contribution < 1.29 is 17.9 Å². The number of rotatable bonds is 8. The molecule has 7 heteroatoms. The lowest BCUT2D eigenvalue weighted by atomic mass is 10.0. The summed E-state index contributed by atoms with van der Waals surface area (Å²) < 4.78 is 31.2. The van der Waals surface area contributed by atoms with E-state index < -0.39 is 15.9 Å². The fourth-order valence-electron chi connectivity index (χ4n) is 2.54. The maximum atomic E-state index is 12.5. The first-order valence-electron chi connectivity index (χ1n) is 8.81. The molecule has 0 saturated carbocycles. The molecule has 2 aromatic carbocycles. The Kier molecular flexibility index (Phi) is 6.85. The Labute approximate surface area is 161 Å². The van der Waals surface area contributed by atoms with Crippen LogP contribution in [0.15, 0.2) is 48.5 Å². The minimum Gasteiger partial charge on any atom is -0.497 e. The molecule has 0 radical (unpaired) electrons. The molecule has 146 valence electrons. The molecule has 27 heavy (non-hydrogen) atoms. The van der Waals surface area contributed by atoms with Crippen LogP contribution in [0.4, 0.5) is 11.4 Å². The van der Waals surface area contributed by atoms with Gasteiger partial charge in [0.15, 0.2) is 0 Å². The number of carbonyl (C=O) groups excluding carboxylic acids is 1. The highest BCUT2D eigenvalue weighted by Gasteiger charge is 2.23. The van der Waals surface area contributed by atoms with Crippen LogP contribution in [-0.4, -0.2) is 33.7 Å². The van der Waals surface area contributed by atoms with Gasteiger partial charge in [0.05, 0.1) is 18.6 Å². The van der Waals surface area contributed by atoms with E-state index in [-0.39, 0.29) is 12.3 Å². The minimum atomic E-state index is -3.61. The van der Waals surface area contributed by atoms with Crippen molar-refractivity contribution in [3.63, 3.8) is 0 Å². The number of ether oxygens (including phenoxy) is 1. The highest BCUT2D eigenvalue weighted by atomic mass is 32.2. The molecule has 0 heterocycles. The van der Waals surface area contributed by atoms with Crippen LogP contribution in [0.25, 0.3) is 0 Å². The van der Waals surface area contributed by atoms with Crippen LogP contribution in [0.5, 0.6) is 5.75 Å². The Balaban J connectivity index is 2.17. The van der Waals surface area contributed by atoms with Crippen molar-refractivity contribution >= 4 is 27.3 Å². The van der Waals surface area contributed by atoms with Crippen molar-refractivity contribution in [1.82, 2.24) is 0 Å². The van der Waals surface area contributed by atoms with Crippen LogP contribution >= 0.6 is 0 Å². The molecule has 0 bridgehead atoms. The number of carbonyl (C=O) groups is 1. The number of anilines is 2. The first-order chi connectivity index (χ1) is 12.8. The van der Waals surface area contributed by atoms with Gasteiger partial charge >= 0.3 is 0 Å². The largest absolute Gasteiger partial charge is 0.497 e. The second-order valence-corrected chi connectivity index (χ2v) is 8.61. The fraction of sp³-hybridized carbons (Fsp3) is 0.350. The highest BCUT2D eigenvalue weighted by Crippen LogP contribution is 2.22. The third-order valence-electron chi connectivity index (χ3n) is 4.21. The summed E-state index contributed by atoms with van der Waals surface area (Å²) in [5.74, 6) is 0.507. The van der Waals surface area contributed by atoms with E-state index in [0.29, 0.717) is 23.0 Å². The lowest BCUT2D eigenvalue weighted by molar-refractivity contribution is -0.114. The predicted octanol–water partition coefficient (Wildman–Crippen LogP) is 3.61. The number of nitrogens with zero attached hydrogens (tertiary/aromatic N) is 1. The molecule has 2 rings (SSSR count). The fourth-order valence-corrected chi connectivity index (χ4v) is 3.61. The third-order valence-corrected chi connectivity index (χ3v) is 5.95. The van der Waals surface area contributed by atoms with Crippen molar-refractivity contribution in [3.05, 3.63) is 54.1 Å². The molecule has 0 atom stereocenters. The van der Waals surface area contributed by atoms with Gasteiger partial charge in [-0.05, 0) is 54.8 Å². The second-order valence-electron chi connectivity index (χ2n) is 6.43. The number of amides is 1. The molecule has 0 fully saturated rings. The van der Waals surface area contributed by atoms with Crippen molar-refractivity contribution in [2.75, 3.05) is 29.0 Å². The average Bonchev–Trinajstić information content (AvgIpc) is 2.66. The summed E-state index contributed by atoms with van der Waals surface area (Å²) in [6.07, 6.45) is 0. The lowest BCUT2D eigenvalue weighted by Crippen LogP contribution is -2.39. The molecule has 0 aliphatic carbocycles. The Morgan fingerprint density at radius 3 is 2.15 bits per heavy atom. The van der Waals surface area contributed by atoms with E-state index in [0.717, 1.165) is 4.31 Å². The molecular formula is C20H26N2O4S. The maximum Gasteiger partial charge on any atom is 0.245 e. The van der Waals surface area contributed by atoms with Crippen molar-refractivity contribution in [1.29, 1.82) is 0 Å². The SMILES string of the molecule is CCS(=O)(=O)N(CC(=O)Nc1ccc(C(C)C)cc1)c1ccc(OC)cc1. The van der Waals surface area contributed by atoms with Gasteiger partial charge in [0.25, 0.3) is 0 Å². The van der Waals surface area contributed by atoms with Gasteiger partial charge in [0, 0.05) is 5.69 Å². The number of hydrogen-bond donors (Lipinski definition) is 1. The Morgan fingerprint density at radius 1 is 1.07 bits per heavy atom. The van der Waals surface area contributed by atoms with Gasteiger partial charge in [-0.15, -0.1) is 0 Å². The van der Waals surface area contributed by atoms with Crippen molar-refractivity contribution in [2.45, 2.75) is 26.7 Å². The minimum absolute atomic E-state index is 0.102. The van der Waals surface area contributed by atoms with Crippen LogP contribution < -0.4 is 14.4 Å². The first-order valence-corrected chi connectivity index (χ1v) is 10.4. The molecule has 0 unspecified atom stereocenters. The molecule has 6 nitrogen and oxygen atoms in total. The summed E-state index contributed by atoms with van der Waals surface area (Å²) in [7, 11) is -2.07. The molecule has 1 N–H and O–H groups in total. The number of hydrogen-bond acceptors (Lipinski definition) is 4. The number of nitrogens with one attached hydrogen (secondary N) is 1. The van der Waals surface area contributed by atoms with Gasteiger partial charge in [-0.2, -0.15) is 0 Å². The van der Waals surface area contributed by atoms with Crippen LogP contribution in [0.3, 0.4) is 0 Å². The Morgan fingerprint density at radius 2 is 1.67 bits per heavy atom. The zero-order chi connectivity index (χ0) is 20.0. The standard InChI is InChI=1S/C20H26N2O4S/c1-5-27(24,25)22(18-10-12-19(26-4)13-11-18)14-20(23)21-17-8-6-16(7-9-17)15(2)3/h6-13,15H,5,14H2,1-4H3,(H,21,23). The van der Waals surface area contributed by atoms with Gasteiger partial charge in [-0.1, -0.05) is 26.0 Å². The molecular weight excluding hydrogens is 364 g/mol. The molecule has 0 aliphatic heterocycles. The van der Waals surface area contributed by atoms with E-state index in [1.165, 1.54) is 12.7 Å². The number of methoxy groups -OCH3 is 1. The summed E-state index contributed by atoms with van der Waals surface area (Å²) in [6.45, 7) is 5.44. The number of sulfonamides is 1. The quantitative estimate of drug-likeness (QED) is 0.747. The molecule has 0 saturated heterocycles. The monoisotopic (exact) mass is 390 g/mol. The highest BCUT2D eigenvalue weighted by molar-refractivity contribution is 7.92. The predicted molar refractivity (Wildman–Crippen MR) is 109 cm³/mol. The van der Waals surface area contributed by atoms with Gasteiger partial charge in [0.1, 0.15) is 12.3 Å². The van der Waals surface area contributed by atoms with Crippen molar-refractivity contribution in [2.24, 2.45) is 0 Å². The van der Waals surface area contributed by atoms with E-state index in [2.05, 4.69) is 19.2 Å². The van der Waals surface area contributed by atoms with E-state index in [4.69, 9.17) is 4.74 Å². The molecule has 1 amide bonds. The van der Waals surface area contributed by atoms with E-state index in [1.807, 2.05) is 24.3 Å². The molecule has 0 spiro atoms. The normalized spacial score (nSPS) is 11.3. The third kappa shape index (κ3) is 5.47. The smallest absolute Gasteiger partial charge is 0.245 e. The van der Waals surface area contributed by atoms with Crippen molar-refractivity contribution in [3.8, 4) is 5.75 Å². The topological polar surface area (TPSA) is 75.7 Å². The lowest BCUT2D eigenvalue weighted by Gasteiger charge is -2.23. The summed E-state index contributed by atoms with van der Waals surface area (Å²) in [4.78, 5) is 12.5. The molecule has 0 aliphatic rings. The van der Waals surface area contributed by atoms with Crippen LogP contribution in [0.2, 0.25) is 0 Å². The summed E-state index contributed by atoms with van der Waals surface area (Å²) in [5.41, 5.74) is 2.22. The second kappa shape index (κ2) is 8.90. The molecule has 2 aromatic rings. The summed E-state index contributed by atoms with van der Waals surface area (Å²) in [5, 5.41) is 2.76. The van der Waals surface area contributed by atoms with Crippen LogP contribution in [-0.2, 0) is 14.8 Å². The average molecular weight is 391 g/mol. The van der Waals surface area contributed by atoms with Gasteiger partial charge in [0.2, 0.25) is 15.9 Å². The van der Waals surface area contributed by atoms with Crippen LogP contribution in [0.1, 0.15) is 32.3 Å². The zero-order valence-electron chi connectivity index (χ0n) is 16.1. The van der Waals surface area contributed by atoms with Gasteiger partial charge < -0.3 is 10.1 Å². The van der Waals surface area contributed by atoms with Gasteiger partial charge in [-0.3, -0.25) is 9.10 Å². The zero-order valence-corrected chi connectivity index (χ0v) is 16.9. The Hall–Kier alpha value is -2.54. The number of benzene rings is 2. The summed E-state index contributed by atoms with van der Waals surface area (Å²) in [6, 6.07) is 14.1. The maximum absolute atomic E-state index is 12.5.